The fourth-order valence-corrected chi connectivity index (χ4v) is 4.86. The van der Waals surface area contributed by atoms with E-state index in [1.807, 2.05) is 31.2 Å². The van der Waals surface area contributed by atoms with E-state index in [2.05, 4.69) is 5.32 Å². The Morgan fingerprint density at radius 3 is 2.76 bits per heavy atom. The minimum atomic E-state index is -3.23. The fourth-order valence-electron chi connectivity index (χ4n) is 3.03. The molecular formula is C16H24N2O2S. The molecule has 0 aromatic heterocycles. The van der Waals surface area contributed by atoms with Gasteiger partial charge in [-0.1, -0.05) is 18.2 Å². The summed E-state index contributed by atoms with van der Waals surface area (Å²) in [6.07, 6.45) is 5.03. The summed E-state index contributed by atoms with van der Waals surface area (Å²) in [6.45, 7) is 2.81. The third-order valence-corrected chi connectivity index (χ3v) is 6.31. The van der Waals surface area contributed by atoms with Crippen molar-refractivity contribution >= 4 is 15.7 Å². The van der Waals surface area contributed by atoms with Crippen LogP contribution in [0, 0.1) is 0 Å². The van der Waals surface area contributed by atoms with Gasteiger partial charge in [-0.05, 0) is 57.2 Å². The van der Waals surface area contributed by atoms with Gasteiger partial charge in [-0.15, -0.1) is 0 Å². The van der Waals surface area contributed by atoms with Gasteiger partial charge in [0.05, 0.1) is 11.4 Å². The minimum Gasteiger partial charge on any atom is -0.314 e. The Bertz CT molecular complexity index is 596. The molecule has 1 unspecified atom stereocenters. The van der Waals surface area contributed by atoms with Crippen LogP contribution in [0.2, 0.25) is 0 Å². The Balaban J connectivity index is 1.70. The van der Waals surface area contributed by atoms with Crippen LogP contribution >= 0.6 is 0 Å². The summed E-state index contributed by atoms with van der Waals surface area (Å²) in [5.41, 5.74) is 2.03. The van der Waals surface area contributed by atoms with Crippen LogP contribution in [0.25, 0.3) is 0 Å². The monoisotopic (exact) mass is 308 g/mol. The van der Waals surface area contributed by atoms with Gasteiger partial charge in [0.25, 0.3) is 0 Å². The van der Waals surface area contributed by atoms with E-state index in [4.69, 9.17) is 0 Å². The Morgan fingerprint density at radius 2 is 2.00 bits per heavy atom. The number of fused-ring (bicyclic) bond motifs is 1. The highest BCUT2D eigenvalue weighted by Crippen LogP contribution is 2.33. The molecule has 1 heterocycles. The fraction of sp³-hybridized carbons (Fsp3) is 0.625. The molecule has 1 fully saturated rings. The van der Waals surface area contributed by atoms with E-state index in [1.165, 1.54) is 12.8 Å². The molecule has 0 saturated heterocycles. The van der Waals surface area contributed by atoms with Crippen molar-refractivity contribution < 1.29 is 8.42 Å². The molecule has 0 bridgehead atoms. The average molecular weight is 308 g/mol. The molecule has 0 spiro atoms. The van der Waals surface area contributed by atoms with Crippen LogP contribution in [0.4, 0.5) is 5.69 Å². The van der Waals surface area contributed by atoms with Gasteiger partial charge in [-0.25, -0.2) is 8.42 Å². The number of hydrogen-bond donors (Lipinski definition) is 1. The normalized spacial score (nSPS) is 22.1. The highest BCUT2D eigenvalue weighted by Gasteiger charge is 2.32. The van der Waals surface area contributed by atoms with Crippen LogP contribution in [-0.4, -0.2) is 32.8 Å². The number of rotatable bonds is 6. The molecule has 1 aliphatic carbocycles. The quantitative estimate of drug-likeness (QED) is 0.820. The lowest BCUT2D eigenvalue weighted by Gasteiger charge is -2.36. The third kappa shape index (κ3) is 3.40. The van der Waals surface area contributed by atoms with Gasteiger partial charge in [0.1, 0.15) is 0 Å². The van der Waals surface area contributed by atoms with Crippen LogP contribution in [0.5, 0.6) is 0 Å². The van der Waals surface area contributed by atoms with Gasteiger partial charge in [-0.2, -0.15) is 0 Å². The third-order valence-electron chi connectivity index (χ3n) is 4.35. The highest BCUT2D eigenvalue weighted by molar-refractivity contribution is 7.92. The van der Waals surface area contributed by atoms with Crippen molar-refractivity contribution in [2.75, 3.05) is 16.6 Å². The Kier molecular flexibility index (Phi) is 4.22. The SMILES string of the molecule is CC1CCc2ccccc2N1S(=O)(=O)CCCNC1CC1. The van der Waals surface area contributed by atoms with E-state index in [1.54, 1.807) is 4.31 Å². The predicted octanol–water partition coefficient (Wildman–Crippen LogP) is 2.30. The van der Waals surface area contributed by atoms with Gasteiger partial charge >= 0.3 is 0 Å². The molecule has 5 heteroatoms. The van der Waals surface area contributed by atoms with Gasteiger partial charge in [-0.3, -0.25) is 4.31 Å². The summed E-state index contributed by atoms with van der Waals surface area (Å²) in [5.74, 6) is 0.228. The molecule has 0 radical (unpaired) electrons. The molecule has 1 aliphatic heterocycles. The molecule has 21 heavy (non-hydrogen) atoms. The molecule has 116 valence electrons. The second-order valence-corrected chi connectivity index (χ2v) is 8.18. The summed E-state index contributed by atoms with van der Waals surface area (Å²) in [4.78, 5) is 0. The van der Waals surface area contributed by atoms with Crippen molar-refractivity contribution in [1.29, 1.82) is 0 Å². The standard InChI is InChI=1S/C16H24N2O2S/c1-13-7-8-14-5-2-3-6-16(14)18(13)21(19,20)12-4-11-17-15-9-10-15/h2-3,5-6,13,15,17H,4,7-12H2,1H3. The number of aryl methyl sites for hydroxylation is 1. The number of nitrogens with one attached hydrogen (secondary N) is 1. The molecule has 2 aliphatic rings. The molecule has 1 atom stereocenters. The molecule has 0 amide bonds. The molecule has 1 N–H and O–H groups in total. The Morgan fingerprint density at radius 1 is 1.24 bits per heavy atom. The molecule has 1 aromatic carbocycles. The first kappa shape index (κ1) is 14.9. The zero-order chi connectivity index (χ0) is 14.9. The minimum absolute atomic E-state index is 0.0568. The van der Waals surface area contributed by atoms with Crippen LogP contribution < -0.4 is 9.62 Å². The zero-order valence-electron chi connectivity index (χ0n) is 12.6. The first-order chi connectivity index (χ1) is 10.1. The molecule has 3 rings (SSSR count). The van der Waals surface area contributed by atoms with Crippen molar-refractivity contribution in [3.8, 4) is 0 Å². The lowest BCUT2D eigenvalue weighted by Crippen LogP contribution is -2.43. The topological polar surface area (TPSA) is 49.4 Å². The zero-order valence-corrected chi connectivity index (χ0v) is 13.4. The van der Waals surface area contributed by atoms with Crippen LogP contribution in [-0.2, 0) is 16.4 Å². The predicted molar refractivity (Wildman–Crippen MR) is 86.1 cm³/mol. The van der Waals surface area contributed by atoms with E-state index in [9.17, 15) is 8.42 Å². The largest absolute Gasteiger partial charge is 0.314 e. The van der Waals surface area contributed by atoms with Gasteiger partial charge in [0.15, 0.2) is 0 Å². The van der Waals surface area contributed by atoms with Crippen molar-refractivity contribution in [1.82, 2.24) is 5.32 Å². The number of nitrogens with zero attached hydrogens (tertiary/aromatic N) is 1. The van der Waals surface area contributed by atoms with E-state index in [0.717, 1.165) is 30.6 Å². The van der Waals surface area contributed by atoms with Crippen LogP contribution in [0.1, 0.15) is 38.2 Å². The first-order valence-electron chi connectivity index (χ1n) is 7.91. The van der Waals surface area contributed by atoms with Crippen LogP contribution in [0.3, 0.4) is 0 Å². The molecule has 4 nitrogen and oxygen atoms in total. The smallest absolute Gasteiger partial charge is 0.235 e. The van der Waals surface area contributed by atoms with Crippen molar-refractivity contribution in [3.63, 3.8) is 0 Å². The maximum Gasteiger partial charge on any atom is 0.235 e. The highest BCUT2D eigenvalue weighted by atomic mass is 32.2. The van der Waals surface area contributed by atoms with Gasteiger partial charge < -0.3 is 5.32 Å². The lowest BCUT2D eigenvalue weighted by molar-refractivity contribution is 0.558. The number of anilines is 1. The molecular weight excluding hydrogens is 284 g/mol. The number of benzene rings is 1. The average Bonchev–Trinajstić information content (AvgIpc) is 3.27. The van der Waals surface area contributed by atoms with Gasteiger partial charge in [0, 0.05) is 12.1 Å². The van der Waals surface area contributed by atoms with E-state index >= 15 is 0 Å². The van der Waals surface area contributed by atoms with Gasteiger partial charge in [0.2, 0.25) is 10.0 Å². The number of hydrogen-bond acceptors (Lipinski definition) is 3. The summed E-state index contributed by atoms with van der Waals surface area (Å²) in [5, 5.41) is 3.38. The van der Waals surface area contributed by atoms with Crippen molar-refractivity contribution in [2.45, 2.75) is 51.1 Å². The van der Waals surface area contributed by atoms with Crippen molar-refractivity contribution in [3.05, 3.63) is 29.8 Å². The Labute approximate surface area is 127 Å². The second-order valence-electron chi connectivity index (χ2n) is 6.21. The summed E-state index contributed by atoms with van der Waals surface area (Å²) in [6, 6.07) is 8.58. The number of sulfonamides is 1. The summed E-state index contributed by atoms with van der Waals surface area (Å²) < 4.78 is 27.1. The maximum absolute atomic E-state index is 12.7. The molecule has 1 aromatic rings. The first-order valence-corrected chi connectivity index (χ1v) is 9.52. The summed E-state index contributed by atoms with van der Waals surface area (Å²) >= 11 is 0. The second kappa shape index (κ2) is 5.97. The Hall–Kier alpha value is -1.07. The lowest BCUT2D eigenvalue weighted by atomic mass is 9.99. The maximum atomic E-state index is 12.7. The van der Waals surface area contributed by atoms with E-state index in [0.29, 0.717) is 12.5 Å². The van der Waals surface area contributed by atoms with Crippen LogP contribution in [0.15, 0.2) is 24.3 Å². The van der Waals surface area contributed by atoms with Crippen molar-refractivity contribution in [2.24, 2.45) is 0 Å². The van der Waals surface area contributed by atoms with E-state index < -0.39 is 10.0 Å². The molecule has 1 saturated carbocycles. The number of para-hydroxylation sites is 1. The summed E-state index contributed by atoms with van der Waals surface area (Å²) in [7, 11) is -3.23. The van der Waals surface area contributed by atoms with E-state index in [-0.39, 0.29) is 11.8 Å².